The Hall–Kier alpha value is -2.45. The van der Waals surface area contributed by atoms with Crippen LogP contribution in [0.25, 0.3) is 0 Å². The summed E-state index contributed by atoms with van der Waals surface area (Å²) in [6, 6.07) is 15.1. The van der Waals surface area contributed by atoms with Gasteiger partial charge in [0.25, 0.3) is 5.69 Å². The van der Waals surface area contributed by atoms with Gasteiger partial charge in [-0.05, 0) is 12.1 Å². The summed E-state index contributed by atoms with van der Waals surface area (Å²) in [4.78, 5) is 22.2. The molecule has 23 heavy (non-hydrogen) atoms. The molecule has 0 aliphatic carbocycles. The predicted octanol–water partition coefficient (Wildman–Crippen LogP) is 3.41. The summed E-state index contributed by atoms with van der Waals surface area (Å²) in [5.74, 6) is -0.119. The number of rotatable bonds is 6. The number of nitro benzene ring substituents is 1. The molecule has 6 nitrogen and oxygen atoms in total. The van der Waals surface area contributed by atoms with E-state index < -0.39 is 4.92 Å². The SMILES string of the molecule is O=C(CSC(=S)NNc1ccccc1)c1cccc([N+](=O)[O-])c1. The van der Waals surface area contributed by atoms with Crippen LogP contribution in [-0.4, -0.2) is 20.8 Å². The van der Waals surface area contributed by atoms with Crippen LogP contribution in [0.2, 0.25) is 0 Å². The van der Waals surface area contributed by atoms with E-state index in [1.165, 1.54) is 18.2 Å². The van der Waals surface area contributed by atoms with Crippen molar-refractivity contribution >= 4 is 45.5 Å². The molecule has 8 heteroatoms. The van der Waals surface area contributed by atoms with Gasteiger partial charge in [0.05, 0.1) is 16.4 Å². The Labute approximate surface area is 142 Å². The predicted molar refractivity (Wildman–Crippen MR) is 95.7 cm³/mol. The molecular weight excluding hydrogens is 334 g/mol. The highest BCUT2D eigenvalue weighted by Gasteiger charge is 2.12. The number of hydrogen-bond donors (Lipinski definition) is 2. The summed E-state index contributed by atoms with van der Waals surface area (Å²) in [5, 5.41) is 10.7. The third-order valence-electron chi connectivity index (χ3n) is 2.80. The van der Waals surface area contributed by atoms with Gasteiger partial charge in [-0.1, -0.05) is 54.3 Å². The van der Waals surface area contributed by atoms with E-state index in [1.807, 2.05) is 30.3 Å². The molecule has 2 N–H and O–H groups in total. The minimum atomic E-state index is -0.528. The fourth-order valence-corrected chi connectivity index (χ4v) is 2.47. The van der Waals surface area contributed by atoms with Crippen molar-refractivity contribution in [1.29, 1.82) is 0 Å². The molecule has 0 amide bonds. The van der Waals surface area contributed by atoms with Gasteiger partial charge in [-0.15, -0.1) is 0 Å². The lowest BCUT2D eigenvalue weighted by Gasteiger charge is -2.09. The molecule has 0 aromatic heterocycles. The lowest BCUT2D eigenvalue weighted by Crippen LogP contribution is -2.26. The van der Waals surface area contributed by atoms with E-state index in [4.69, 9.17) is 12.2 Å². The maximum Gasteiger partial charge on any atom is 0.270 e. The number of para-hydroxylation sites is 1. The number of benzene rings is 2. The number of carbonyl (C=O) groups is 1. The first-order chi connectivity index (χ1) is 11.1. The Kier molecular flexibility index (Phi) is 6.07. The number of nitrogens with one attached hydrogen (secondary N) is 2. The van der Waals surface area contributed by atoms with Crippen LogP contribution in [-0.2, 0) is 0 Å². The molecular formula is C15H13N3O3S2. The van der Waals surface area contributed by atoms with Crippen molar-refractivity contribution in [2.24, 2.45) is 0 Å². The van der Waals surface area contributed by atoms with Crippen LogP contribution >= 0.6 is 24.0 Å². The first-order valence-corrected chi connectivity index (χ1v) is 7.97. The van der Waals surface area contributed by atoms with Gasteiger partial charge in [0.15, 0.2) is 10.1 Å². The van der Waals surface area contributed by atoms with Crippen LogP contribution in [0.15, 0.2) is 54.6 Å². The Balaban J connectivity index is 1.83. The highest BCUT2D eigenvalue weighted by molar-refractivity contribution is 8.23. The van der Waals surface area contributed by atoms with E-state index in [1.54, 1.807) is 6.07 Å². The minimum absolute atomic E-state index is 0.101. The summed E-state index contributed by atoms with van der Waals surface area (Å²) in [6.07, 6.45) is 0. The number of non-ortho nitro benzene ring substituents is 1. The van der Waals surface area contributed by atoms with Crippen LogP contribution in [0.1, 0.15) is 10.4 Å². The maximum absolute atomic E-state index is 12.0. The van der Waals surface area contributed by atoms with Gasteiger partial charge in [-0.25, -0.2) is 0 Å². The van der Waals surface area contributed by atoms with Crippen LogP contribution in [0, 0.1) is 10.1 Å². The Bertz CT molecular complexity index is 723. The van der Waals surface area contributed by atoms with Crippen molar-refractivity contribution in [2.45, 2.75) is 0 Å². The fourth-order valence-electron chi connectivity index (χ4n) is 1.69. The molecule has 118 valence electrons. The van der Waals surface area contributed by atoms with Gasteiger partial charge in [0, 0.05) is 17.7 Å². The van der Waals surface area contributed by atoms with Gasteiger partial charge in [-0.3, -0.25) is 25.8 Å². The molecule has 0 atom stereocenters. The molecule has 2 aromatic rings. The highest BCUT2D eigenvalue weighted by Crippen LogP contribution is 2.15. The number of Topliss-reactive ketones (excluding diaryl/α,β-unsaturated/α-hetero) is 1. The van der Waals surface area contributed by atoms with Gasteiger partial charge in [-0.2, -0.15) is 0 Å². The second-order valence-electron chi connectivity index (χ2n) is 4.42. The summed E-state index contributed by atoms with van der Waals surface area (Å²) >= 11 is 6.27. The fraction of sp³-hybridized carbons (Fsp3) is 0.0667. The van der Waals surface area contributed by atoms with Crippen molar-refractivity contribution in [3.63, 3.8) is 0 Å². The molecule has 0 bridgehead atoms. The van der Waals surface area contributed by atoms with E-state index >= 15 is 0 Å². The van der Waals surface area contributed by atoms with Gasteiger partial charge in [0.2, 0.25) is 0 Å². The van der Waals surface area contributed by atoms with E-state index in [2.05, 4.69) is 10.9 Å². The number of ketones is 1. The number of nitrogens with zero attached hydrogens (tertiary/aromatic N) is 1. The smallest absolute Gasteiger partial charge is 0.270 e. The lowest BCUT2D eigenvalue weighted by molar-refractivity contribution is -0.384. The second-order valence-corrected chi connectivity index (χ2v) is 6.08. The zero-order valence-electron chi connectivity index (χ0n) is 11.9. The quantitative estimate of drug-likeness (QED) is 0.358. The standard InChI is InChI=1S/C15H13N3O3S2/c19-14(11-5-4-8-13(9-11)18(20)21)10-23-15(22)17-16-12-6-2-1-3-7-12/h1-9,16H,10H2,(H,17,22). The topological polar surface area (TPSA) is 84.3 Å². The summed E-state index contributed by atoms with van der Waals surface area (Å²) in [5.41, 5.74) is 6.78. The highest BCUT2D eigenvalue weighted by atomic mass is 32.2. The molecule has 0 fully saturated rings. The van der Waals surface area contributed by atoms with Gasteiger partial charge >= 0.3 is 0 Å². The van der Waals surface area contributed by atoms with Crippen molar-refractivity contribution in [1.82, 2.24) is 5.43 Å². The van der Waals surface area contributed by atoms with Gasteiger partial charge in [0.1, 0.15) is 0 Å². The number of carbonyl (C=O) groups excluding carboxylic acids is 1. The van der Waals surface area contributed by atoms with Crippen LogP contribution in [0.5, 0.6) is 0 Å². The number of hydrazine groups is 1. The normalized spacial score (nSPS) is 9.91. The molecule has 0 heterocycles. The van der Waals surface area contributed by atoms with E-state index in [0.717, 1.165) is 17.4 Å². The summed E-state index contributed by atoms with van der Waals surface area (Å²) in [6.45, 7) is 0. The molecule has 0 aliphatic heterocycles. The zero-order chi connectivity index (χ0) is 16.7. The third kappa shape index (κ3) is 5.35. The van der Waals surface area contributed by atoms with Crippen molar-refractivity contribution in [3.8, 4) is 0 Å². The third-order valence-corrected chi connectivity index (χ3v) is 4.02. The van der Waals surface area contributed by atoms with Crippen LogP contribution in [0.4, 0.5) is 11.4 Å². The summed E-state index contributed by atoms with van der Waals surface area (Å²) in [7, 11) is 0. The molecule has 2 rings (SSSR count). The van der Waals surface area contributed by atoms with Crippen LogP contribution in [0.3, 0.4) is 0 Å². The number of thiocarbonyl (C=S) groups is 1. The van der Waals surface area contributed by atoms with Gasteiger partial charge < -0.3 is 0 Å². The lowest BCUT2D eigenvalue weighted by atomic mass is 10.1. The molecule has 0 saturated carbocycles. The molecule has 0 aliphatic rings. The van der Waals surface area contributed by atoms with E-state index in [9.17, 15) is 14.9 Å². The average Bonchev–Trinajstić information content (AvgIpc) is 2.58. The Morgan fingerprint density at radius 1 is 1.17 bits per heavy atom. The molecule has 0 spiro atoms. The summed E-state index contributed by atoms with van der Waals surface area (Å²) < 4.78 is 0.410. The van der Waals surface area contributed by atoms with E-state index in [0.29, 0.717) is 9.88 Å². The second kappa shape index (κ2) is 8.25. The molecule has 0 radical (unpaired) electrons. The Morgan fingerprint density at radius 2 is 1.91 bits per heavy atom. The average molecular weight is 347 g/mol. The largest absolute Gasteiger partial charge is 0.300 e. The first kappa shape index (κ1) is 16.9. The van der Waals surface area contributed by atoms with Crippen molar-refractivity contribution in [3.05, 3.63) is 70.3 Å². The molecule has 0 unspecified atom stereocenters. The number of hydrogen-bond acceptors (Lipinski definition) is 6. The maximum atomic E-state index is 12.0. The Morgan fingerprint density at radius 3 is 2.61 bits per heavy atom. The number of nitro groups is 1. The minimum Gasteiger partial charge on any atom is -0.300 e. The van der Waals surface area contributed by atoms with Crippen molar-refractivity contribution < 1.29 is 9.72 Å². The molecule has 2 aromatic carbocycles. The van der Waals surface area contributed by atoms with E-state index in [-0.39, 0.29) is 17.2 Å². The number of anilines is 1. The van der Waals surface area contributed by atoms with Crippen molar-refractivity contribution in [2.75, 3.05) is 11.2 Å². The van der Waals surface area contributed by atoms with Crippen LogP contribution < -0.4 is 10.9 Å². The molecule has 0 saturated heterocycles. The number of thioether (sulfide) groups is 1. The zero-order valence-corrected chi connectivity index (χ0v) is 13.5. The first-order valence-electron chi connectivity index (χ1n) is 6.58. The monoisotopic (exact) mass is 347 g/mol.